The predicted octanol–water partition coefficient (Wildman–Crippen LogP) is 1.34. The molecule has 0 aromatic carbocycles. The molecule has 2 heterocycles. The van der Waals surface area contributed by atoms with Gasteiger partial charge in [0.25, 0.3) is 0 Å². The maximum Gasteiger partial charge on any atom is 0.223 e. The predicted molar refractivity (Wildman–Crippen MR) is 80.3 cm³/mol. The number of rotatable bonds is 4. The summed E-state index contributed by atoms with van der Waals surface area (Å²) >= 11 is 1.48. The molecule has 0 radical (unpaired) electrons. The van der Waals surface area contributed by atoms with Gasteiger partial charge in [-0.15, -0.1) is 11.3 Å². The second-order valence-electron chi connectivity index (χ2n) is 5.20. The van der Waals surface area contributed by atoms with Crippen LogP contribution < -0.4 is 11.1 Å². The average molecular weight is 303 g/mol. The Morgan fingerprint density at radius 3 is 2.90 bits per heavy atom. The van der Waals surface area contributed by atoms with Crippen LogP contribution in [-0.4, -0.2) is 26.9 Å². The van der Waals surface area contributed by atoms with E-state index in [0.29, 0.717) is 12.4 Å². The van der Waals surface area contributed by atoms with Gasteiger partial charge in [0.15, 0.2) is 10.8 Å². The van der Waals surface area contributed by atoms with E-state index in [2.05, 4.69) is 20.3 Å². The molecule has 1 amide bonds. The SMILES string of the molecule is N[C@@H]1CC[C@H](C(=O)NCc2csc(-c3ncccn3)n2)C1. The van der Waals surface area contributed by atoms with E-state index >= 15 is 0 Å². The van der Waals surface area contributed by atoms with Crippen LogP contribution in [0.5, 0.6) is 0 Å². The number of hydrogen-bond donors (Lipinski definition) is 2. The van der Waals surface area contributed by atoms with Gasteiger partial charge in [-0.1, -0.05) is 0 Å². The number of carbonyl (C=O) groups is 1. The monoisotopic (exact) mass is 303 g/mol. The van der Waals surface area contributed by atoms with Gasteiger partial charge in [0.2, 0.25) is 5.91 Å². The Morgan fingerprint density at radius 2 is 2.19 bits per heavy atom. The Kier molecular flexibility index (Phi) is 4.21. The van der Waals surface area contributed by atoms with Crippen molar-refractivity contribution in [3.05, 3.63) is 29.5 Å². The van der Waals surface area contributed by atoms with Crippen LogP contribution in [0.15, 0.2) is 23.8 Å². The van der Waals surface area contributed by atoms with Crippen molar-refractivity contribution in [2.45, 2.75) is 31.8 Å². The summed E-state index contributed by atoms with van der Waals surface area (Å²) in [5.74, 6) is 0.742. The Labute approximate surface area is 126 Å². The molecule has 3 rings (SSSR count). The molecule has 7 heteroatoms. The molecule has 0 aliphatic heterocycles. The third kappa shape index (κ3) is 3.43. The molecule has 6 nitrogen and oxygen atoms in total. The molecule has 0 saturated heterocycles. The summed E-state index contributed by atoms with van der Waals surface area (Å²) in [4.78, 5) is 24.8. The lowest BCUT2D eigenvalue weighted by atomic mass is 10.1. The molecule has 2 aromatic heterocycles. The van der Waals surface area contributed by atoms with E-state index in [1.54, 1.807) is 18.5 Å². The van der Waals surface area contributed by atoms with Crippen LogP contribution in [0.3, 0.4) is 0 Å². The lowest BCUT2D eigenvalue weighted by Gasteiger charge is -2.09. The third-order valence-electron chi connectivity index (χ3n) is 3.60. The van der Waals surface area contributed by atoms with E-state index in [-0.39, 0.29) is 17.9 Å². The van der Waals surface area contributed by atoms with Crippen LogP contribution in [0.4, 0.5) is 0 Å². The molecule has 2 aromatic rings. The number of hydrogen-bond acceptors (Lipinski definition) is 6. The fourth-order valence-corrected chi connectivity index (χ4v) is 3.24. The van der Waals surface area contributed by atoms with Crippen LogP contribution >= 0.6 is 11.3 Å². The summed E-state index contributed by atoms with van der Waals surface area (Å²) in [5, 5.41) is 5.62. The van der Waals surface area contributed by atoms with Gasteiger partial charge < -0.3 is 11.1 Å². The number of nitrogens with two attached hydrogens (primary N) is 1. The highest BCUT2D eigenvalue weighted by Crippen LogP contribution is 2.24. The van der Waals surface area contributed by atoms with Crippen molar-refractivity contribution in [3.8, 4) is 10.8 Å². The van der Waals surface area contributed by atoms with E-state index < -0.39 is 0 Å². The highest BCUT2D eigenvalue weighted by molar-refractivity contribution is 7.13. The normalized spacial score (nSPS) is 21.4. The van der Waals surface area contributed by atoms with Crippen molar-refractivity contribution in [2.75, 3.05) is 0 Å². The lowest BCUT2D eigenvalue weighted by Crippen LogP contribution is -2.30. The quantitative estimate of drug-likeness (QED) is 0.889. The Bertz CT molecular complexity index is 615. The number of nitrogens with zero attached hydrogens (tertiary/aromatic N) is 3. The Balaban J connectivity index is 1.57. The molecule has 1 aliphatic rings. The molecule has 0 unspecified atom stereocenters. The second-order valence-corrected chi connectivity index (χ2v) is 6.06. The fourth-order valence-electron chi connectivity index (χ4n) is 2.48. The summed E-state index contributed by atoms with van der Waals surface area (Å²) in [7, 11) is 0. The fraction of sp³-hybridized carbons (Fsp3) is 0.429. The lowest BCUT2D eigenvalue weighted by molar-refractivity contribution is -0.125. The van der Waals surface area contributed by atoms with Crippen molar-refractivity contribution < 1.29 is 4.79 Å². The van der Waals surface area contributed by atoms with E-state index in [1.165, 1.54) is 11.3 Å². The van der Waals surface area contributed by atoms with Crippen LogP contribution in [0.25, 0.3) is 10.8 Å². The van der Waals surface area contributed by atoms with Crippen molar-refractivity contribution in [1.29, 1.82) is 0 Å². The summed E-state index contributed by atoms with van der Waals surface area (Å²) in [6, 6.07) is 1.94. The smallest absolute Gasteiger partial charge is 0.223 e. The van der Waals surface area contributed by atoms with Gasteiger partial charge in [-0.3, -0.25) is 4.79 Å². The summed E-state index contributed by atoms with van der Waals surface area (Å²) in [6.07, 6.45) is 5.98. The zero-order valence-electron chi connectivity index (χ0n) is 11.5. The van der Waals surface area contributed by atoms with Crippen LogP contribution in [0, 0.1) is 5.92 Å². The number of amides is 1. The highest BCUT2D eigenvalue weighted by atomic mass is 32.1. The van der Waals surface area contributed by atoms with Crippen LogP contribution in [0.2, 0.25) is 0 Å². The molecule has 1 aliphatic carbocycles. The number of carbonyl (C=O) groups excluding carboxylic acids is 1. The Morgan fingerprint density at radius 1 is 1.38 bits per heavy atom. The number of nitrogens with one attached hydrogen (secondary N) is 1. The van der Waals surface area contributed by atoms with E-state index in [1.807, 2.05) is 5.38 Å². The molecule has 1 saturated carbocycles. The molecular weight excluding hydrogens is 286 g/mol. The van der Waals surface area contributed by atoms with Gasteiger partial charge in [0.05, 0.1) is 12.2 Å². The largest absolute Gasteiger partial charge is 0.350 e. The van der Waals surface area contributed by atoms with Crippen LogP contribution in [0.1, 0.15) is 25.0 Å². The zero-order valence-corrected chi connectivity index (χ0v) is 12.3. The average Bonchev–Trinajstić information content (AvgIpc) is 3.15. The topological polar surface area (TPSA) is 93.8 Å². The zero-order chi connectivity index (χ0) is 14.7. The number of aromatic nitrogens is 3. The van der Waals surface area contributed by atoms with Gasteiger partial charge in [-0.05, 0) is 25.3 Å². The van der Waals surface area contributed by atoms with E-state index in [9.17, 15) is 4.79 Å². The van der Waals surface area contributed by atoms with Gasteiger partial charge in [-0.2, -0.15) is 0 Å². The Hall–Kier alpha value is -1.86. The minimum atomic E-state index is 0.0514. The maximum absolute atomic E-state index is 12.0. The minimum Gasteiger partial charge on any atom is -0.350 e. The third-order valence-corrected chi connectivity index (χ3v) is 4.48. The molecule has 0 bridgehead atoms. The first-order valence-corrected chi connectivity index (χ1v) is 7.85. The van der Waals surface area contributed by atoms with Gasteiger partial charge in [0, 0.05) is 29.7 Å². The van der Waals surface area contributed by atoms with Crippen molar-refractivity contribution in [3.63, 3.8) is 0 Å². The van der Waals surface area contributed by atoms with Crippen molar-refractivity contribution in [1.82, 2.24) is 20.3 Å². The first-order valence-electron chi connectivity index (χ1n) is 6.97. The first-order chi connectivity index (χ1) is 10.2. The van der Waals surface area contributed by atoms with Gasteiger partial charge in [-0.25, -0.2) is 15.0 Å². The minimum absolute atomic E-state index is 0.0514. The summed E-state index contributed by atoms with van der Waals surface area (Å²) in [6.45, 7) is 0.438. The van der Waals surface area contributed by atoms with E-state index in [0.717, 1.165) is 30.0 Å². The molecular formula is C14H17N5OS. The molecule has 1 fully saturated rings. The standard InChI is InChI=1S/C14H17N5OS/c15-10-3-2-9(6-10)13(20)18-7-11-8-21-14(19-11)12-16-4-1-5-17-12/h1,4-5,8-10H,2-3,6-7,15H2,(H,18,20)/t9-,10+/m0/s1. The summed E-state index contributed by atoms with van der Waals surface area (Å²) < 4.78 is 0. The second kappa shape index (κ2) is 6.28. The van der Waals surface area contributed by atoms with Gasteiger partial charge >= 0.3 is 0 Å². The highest BCUT2D eigenvalue weighted by Gasteiger charge is 2.27. The molecule has 2 atom stereocenters. The molecule has 21 heavy (non-hydrogen) atoms. The van der Waals surface area contributed by atoms with Gasteiger partial charge in [0.1, 0.15) is 0 Å². The van der Waals surface area contributed by atoms with Crippen molar-refractivity contribution >= 4 is 17.2 Å². The number of thiazole rings is 1. The van der Waals surface area contributed by atoms with Crippen molar-refractivity contribution in [2.24, 2.45) is 11.7 Å². The van der Waals surface area contributed by atoms with Crippen LogP contribution in [-0.2, 0) is 11.3 Å². The van der Waals surface area contributed by atoms with E-state index in [4.69, 9.17) is 5.73 Å². The summed E-state index contributed by atoms with van der Waals surface area (Å²) in [5.41, 5.74) is 6.66. The molecule has 110 valence electrons. The molecule has 0 spiro atoms. The molecule has 3 N–H and O–H groups in total. The maximum atomic E-state index is 12.0. The first kappa shape index (κ1) is 14.1.